The van der Waals surface area contributed by atoms with E-state index in [0.29, 0.717) is 10.7 Å². The van der Waals surface area contributed by atoms with Crippen molar-refractivity contribution >= 4 is 11.8 Å². The molecule has 0 unspecified atom stereocenters. The summed E-state index contributed by atoms with van der Waals surface area (Å²) in [4.78, 5) is 0.734. The van der Waals surface area contributed by atoms with Crippen LogP contribution < -0.4 is 5.73 Å². The fourth-order valence-electron chi connectivity index (χ4n) is 1.45. The number of hydrogen-bond donors (Lipinski definition) is 1. The highest BCUT2D eigenvalue weighted by molar-refractivity contribution is 7.99. The summed E-state index contributed by atoms with van der Waals surface area (Å²) in [6.45, 7) is 1.75. The molecule has 0 aliphatic rings. The molecule has 1 aromatic heterocycles. The van der Waals surface area contributed by atoms with E-state index in [4.69, 9.17) is 5.73 Å². The third-order valence-electron chi connectivity index (χ3n) is 2.25. The molecule has 0 aliphatic carbocycles. The molecular formula is C10H12FN5S. The van der Waals surface area contributed by atoms with E-state index in [1.54, 1.807) is 26.1 Å². The quantitative estimate of drug-likeness (QED) is 0.898. The van der Waals surface area contributed by atoms with Crippen molar-refractivity contribution in [1.29, 1.82) is 0 Å². The molecule has 90 valence electrons. The lowest BCUT2D eigenvalue weighted by atomic mass is 10.1. The molecule has 1 heterocycles. The van der Waals surface area contributed by atoms with Crippen LogP contribution in [0.25, 0.3) is 0 Å². The molecule has 0 fully saturated rings. The number of nitrogens with zero attached hydrogens (tertiary/aromatic N) is 4. The molecule has 0 aliphatic heterocycles. The third-order valence-corrected chi connectivity index (χ3v) is 3.36. The Labute approximate surface area is 102 Å². The lowest BCUT2D eigenvalue weighted by Crippen LogP contribution is -2.09. The number of tetrazole rings is 1. The van der Waals surface area contributed by atoms with Crippen LogP contribution in [0.1, 0.15) is 18.5 Å². The second-order valence-corrected chi connectivity index (χ2v) is 4.64. The normalized spacial score (nSPS) is 12.7. The van der Waals surface area contributed by atoms with Gasteiger partial charge in [-0.2, -0.15) is 0 Å². The van der Waals surface area contributed by atoms with Crippen molar-refractivity contribution in [1.82, 2.24) is 20.2 Å². The molecule has 0 radical (unpaired) electrons. The van der Waals surface area contributed by atoms with Crippen molar-refractivity contribution in [2.45, 2.75) is 23.0 Å². The number of aryl methyl sites for hydroxylation is 1. The van der Waals surface area contributed by atoms with E-state index in [0.717, 1.165) is 4.90 Å². The van der Waals surface area contributed by atoms with Crippen LogP contribution in [0, 0.1) is 5.82 Å². The molecular weight excluding hydrogens is 241 g/mol. The van der Waals surface area contributed by atoms with Gasteiger partial charge >= 0.3 is 0 Å². The van der Waals surface area contributed by atoms with E-state index in [9.17, 15) is 4.39 Å². The van der Waals surface area contributed by atoms with Crippen LogP contribution in [0.15, 0.2) is 28.3 Å². The van der Waals surface area contributed by atoms with E-state index in [1.807, 2.05) is 0 Å². The van der Waals surface area contributed by atoms with Gasteiger partial charge in [0.1, 0.15) is 5.82 Å². The maximum Gasteiger partial charge on any atom is 0.213 e. The van der Waals surface area contributed by atoms with Crippen LogP contribution in [0.3, 0.4) is 0 Å². The van der Waals surface area contributed by atoms with E-state index in [1.165, 1.54) is 22.5 Å². The van der Waals surface area contributed by atoms with Crippen molar-refractivity contribution in [2.24, 2.45) is 12.8 Å². The summed E-state index contributed by atoms with van der Waals surface area (Å²) in [6.07, 6.45) is 0. The summed E-state index contributed by atoms with van der Waals surface area (Å²) in [6, 6.07) is 4.48. The summed E-state index contributed by atoms with van der Waals surface area (Å²) in [5, 5.41) is 11.7. The van der Waals surface area contributed by atoms with Crippen LogP contribution in [0.2, 0.25) is 0 Å². The highest BCUT2D eigenvalue weighted by atomic mass is 32.2. The predicted octanol–water partition coefficient (Wildman–Crippen LogP) is 1.52. The number of hydrogen-bond acceptors (Lipinski definition) is 5. The first-order valence-corrected chi connectivity index (χ1v) is 5.85. The Hall–Kier alpha value is -1.47. The molecule has 0 spiro atoms. The molecule has 2 aromatic rings. The van der Waals surface area contributed by atoms with E-state index in [2.05, 4.69) is 15.5 Å². The number of aromatic nitrogens is 4. The van der Waals surface area contributed by atoms with Gasteiger partial charge in [0.2, 0.25) is 5.16 Å². The Morgan fingerprint density at radius 2 is 2.24 bits per heavy atom. The Kier molecular flexibility index (Phi) is 3.39. The zero-order valence-electron chi connectivity index (χ0n) is 9.46. The predicted molar refractivity (Wildman–Crippen MR) is 61.9 cm³/mol. The SMILES string of the molecule is C[C@@H](N)c1c(F)cccc1Sc1nnnn1C. The fraction of sp³-hybridized carbons (Fsp3) is 0.300. The molecule has 1 atom stereocenters. The average molecular weight is 253 g/mol. The maximum absolute atomic E-state index is 13.7. The number of halogens is 1. The molecule has 17 heavy (non-hydrogen) atoms. The van der Waals surface area contributed by atoms with Crippen molar-refractivity contribution in [3.8, 4) is 0 Å². The lowest BCUT2D eigenvalue weighted by Gasteiger charge is -2.12. The van der Waals surface area contributed by atoms with Crippen molar-refractivity contribution < 1.29 is 4.39 Å². The summed E-state index contributed by atoms with van der Waals surface area (Å²) < 4.78 is 15.2. The highest BCUT2D eigenvalue weighted by Crippen LogP contribution is 2.32. The van der Waals surface area contributed by atoms with Crippen LogP contribution in [0.4, 0.5) is 4.39 Å². The molecule has 2 N–H and O–H groups in total. The van der Waals surface area contributed by atoms with Gasteiger partial charge in [-0.3, -0.25) is 0 Å². The van der Waals surface area contributed by atoms with E-state index >= 15 is 0 Å². The van der Waals surface area contributed by atoms with E-state index in [-0.39, 0.29) is 11.9 Å². The molecule has 0 saturated heterocycles. The van der Waals surface area contributed by atoms with Gasteiger partial charge in [-0.25, -0.2) is 9.07 Å². The van der Waals surface area contributed by atoms with E-state index < -0.39 is 0 Å². The summed E-state index contributed by atoms with van der Waals surface area (Å²) in [5.74, 6) is -0.305. The zero-order valence-corrected chi connectivity index (χ0v) is 10.3. The van der Waals surface area contributed by atoms with Crippen LogP contribution >= 0.6 is 11.8 Å². The molecule has 1 aromatic carbocycles. The first kappa shape index (κ1) is 12.0. The summed E-state index contributed by atoms with van der Waals surface area (Å²) >= 11 is 1.30. The Balaban J connectivity index is 2.39. The van der Waals surface area contributed by atoms with Crippen molar-refractivity contribution in [3.05, 3.63) is 29.6 Å². The van der Waals surface area contributed by atoms with Crippen LogP contribution in [-0.4, -0.2) is 20.2 Å². The van der Waals surface area contributed by atoms with Crippen LogP contribution in [-0.2, 0) is 7.05 Å². The molecule has 7 heteroatoms. The van der Waals surface area contributed by atoms with Crippen molar-refractivity contribution in [3.63, 3.8) is 0 Å². The first-order chi connectivity index (χ1) is 8.09. The fourth-order valence-corrected chi connectivity index (χ4v) is 2.44. The summed E-state index contributed by atoms with van der Waals surface area (Å²) in [5.41, 5.74) is 6.26. The minimum Gasteiger partial charge on any atom is -0.324 e. The molecule has 0 amide bonds. The van der Waals surface area contributed by atoms with Crippen LogP contribution in [0.5, 0.6) is 0 Å². The molecule has 2 rings (SSSR count). The Morgan fingerprint density at radius 1 is 1.47 bits per heavy atom. The number of rotatable bonds is 3. The summed E-state index contributed by atoms with van der Waals surface area (Å²) in [7, 11) is 1.73. The van der Waals surface area contributed by atoms with Crippen molar-refractivity contribution in [2.75, 3.05) is 0 Å². The minimum absolute atomic E-state index is 0.305. The Morgan fingerprint density at radius 3 is 2.82 bits per heavy atom. The largest absolute Gasteiger partial charge is 0.324 e. The second kappa shape index (κ2) is 4.80. The monoisotopic (exact) mass is 253 g/mol. The average Bonchev–Trinajstić information content (AvgIpc) is 2.64. The second-order valence-electron chi connectivity index (χ2n) is 3.63. The Bertz CT molecular complexity index is 525. The maximum atomic E-state index is 13.7. The van der Waals surface area contributed by atoms with Gasteiger partial charge in [0.25, 0.3) is 0 Å². The first-order valence-electron chi connectivity index (χ1n) is 5.04. The van der Waals surface area contributed by atoms with Gasteiger partial charge in [0.05, 0.1) is 0 Å². The lowest BCUT2D eigenvalue weighted by molar-refractivity contribution is 0.585. The number of benzene rings is 1. The van der Waals surface area contributed by atoms with Gasteiger partial charge in [-0.15, -0.1) is 5.10 Å². The van der Waals surface area contributed by atoms with Gasteiger partial charge < -0.3 is 5.73 Å². The van der Waals surface area contributed by atoms with Gasteiger partial charge in [-0.05, 0) is 41.2 Å². The molecule has 5 nitrogen and oxygen atoms in total. The smallest absolute Gasteiger partial charge is 0.213 e. The third kappa shape index (κ3) is 2.45. The van der Waals surface area contributed by atoms with Gasteiger partial charge in [0.15, 0.2) is 0 Å². The minimum atomic E-state index is -0.375. The zero-order chi connectivity index (χ0) is 12.4. The highest BCUT2D eigenvalue weighted by Gasteiger charge is 2.15. The molecule has 0 saturated carbocycles. The van der Waals surface area contributed by atoms with Gasteiger partial charge in [0, 0.05) is 23.5 Å². The molecule has 0 bridgehead atoms. The standard InChI is InChI=1S/C10H12FN5S/c1-6(12)9-7(11)4-3-5-8(9)17-10-13-14-15-16(10)2/h3-6H,12H2,1-2H3/t6-/m1/s1. The number of nitrogens with two attached hydrogens (primary N) is 1. The van der Waals surface area contributed by atoms with Gasteiger partial charge in [-0.1, -0.05) is 6.07 Å². The topological polar surface area (TPSA) is 69.6 Å².